The monoisotopic (exact) mass is 230 g/mol. The maximum atomic E-state index is 10.7. The third-order valence-corrected chi connectivity index (χ3v) is 3.52. The molecule has 1 aromatic rings. The zero-order valence-electron chi connectivity index (χ0n) is 8.64. The van der Waals surface area contributed by atoms with Gasteiger partial charge in [0, 0.05) is 10.8 Å². The van der Waals surface area contributed by atoms with Crippen molar-refractivity contribution in [2.75, 3.05) is 0 Å². The number of rotatable bonds is 5. The lowest BCUT2D eigenvalue weighted by Gasteiger charge is -2.27. The topological polar surface area (TPSA) is 89.4 Å². The van der Waals surface area contributed by atoms with E-state index in [1.165, 1.54) is 11.8 Å². The van der Waals surface area contributed by atoms with E-state index in [4.69, 9.17) is 15.4 Å². The predicted molar refractivity (Wildman–Crippen MR) is 57.5 cm³/mol. The fourth-order valence-electron chi connectivity index (χ4n) is 0.961. The minimum absolute atomic E-state index is 0.543. The SMILES string of the molecule is CC(C)(SCc1ccno1)[C@@H](N)C(=O)O. The summed E-state index contributed by atoms with van der Waals surface area (Å²) in [5.41, 5.74) is 5.57. The Bertz CT molecular complexity index is 324. The molecule has 1 rings (SSSR count). The quantitative estimate of drug-likeness (QED) is 0.787. The fourth-order valence-corrected chi connectivity index (χ4v) is 1.90. The van der Waals surface area contributed by atoms with Gasteiger partial charge in [0.1, 0.15) is 11.8 Å². The summed E-state index contributed by atoms with van der Waals surface area (Å²) in [6.07, 6.45) is 1.56. The van der Waals surface area contributed by atoms with E-state index < -0.39 is 16.8 Å². The molecule has 0 aromatic carbocycles. The summed E-state index contributed by atoms with van der Waals surface area (Å²) >= 11 is 1.43. The number of hydrogen-bond donors (Lipinski definition) is 2. The number of hydrogen-bond acceptors (Lipinski definition) is 5. The van der Waals surface area contributed by atoms with E-state index in [0.717, 1.165) is 0 Å². The molecule has 0 amide bonds. The van der Waals surface area contributed by atoms with Crippen LogP contribution in [0.2, 0.25) is 0 Å². The molecule has 15 heavy (non-hydrogen) atoms. The maximum Gasteiger partial charge on any atom is 0.321 e. The molecule has 84 valence electrons. The molecular weight excluding hydrogens is 216 g/mol. The van der Waals surface area contributed by atoms with E-state index in [1.807, 2.05) is 0 Å². The lowest BCUT2D eigenvalue weighted by molar-refractivity contribution is -0.139. The van der Waals surface area contributed by atoms with E-state index in [2.05, 4.69) is 5.16 Å². The molecule has 3 N–H and O–H groups in total. The average molecular weight is 230 g/mol. The van der Waals surface area contributed by atoms with Gasteiger partial charge in [-0.3, -0.25) is 4.79 Å². The van der Waals surface area contributed by atoms with Crippen LogP contribution in [0.3, 0.4) is 0 Å². The van der Waals surface area contributed by atoms with Crippen LogP contribution >= 0.6 is 11.8 Å². The Morgan fingerprint density at radius 1 is 1.80 bits per heavy atom. The van der Waals surface area contributed by atoms with Gasteiger partial charge < -0.3 is 15.4 Å². The number of carboxylic acids is 1. The summed E-state index contributed by atoms with van der Waals surface area (Å²) < 4.78 is 4.37. The summed E-state index contributed by atoms with van der Waals surface area (Å²) in [6.45, 7) is 3.60. The minimum Gasteiger partial charge on any atom is -0.480 e. The summed E-state index contributed by atoms with van der Waals surface area (Å²) in [5, 5.41) is 12.4. The Hall–Kier alpha value is -1.01. The van der Waals surface area contributed by atoms with Crippen LogP contribution in [0, 0.1) is 0 Å². The van der Waals surface area contributed by atoms with Gasteiger partial charge in [-0.1, -0.05) is 5.16 Å². The van der Waals surface area contributed by atoms with Crippen LogP contribution in [0.1, 0.15) is 19.6 Å². The van der Waals surface area contributed by atoms with Crippen LogP contribution in [-0.4, -0.2) is 27.0 Å². The number of nitrogens with zero attached hydrogens (tertiary/aromatic N) is 1. The number of nitrogens with two attached hydrogens (primary N) is 1. The standard InChI is InChI=1S/C9H14N2O3S/c1-9(2,7(10)8(12)13)15-5-6-3-4-11-14-6/h3-4,7H,5,10H2,1-2H3,(H,12,13)/t7-/m0/s1. The van der Waals surface area contributed by atoms with Crippen molar-refractivity contribution in [1.82, 2.24) is 5.16 Å². The van der Waals surface area contributed by atoms with Crippen molar-refractivity contribution in [3.63, 3.8) is 0 Å². The molecule has 0 unspecified atom stereocenters. The predicted octanol–water partition coefficient (Wildman–Crippen LogP) is 1.10. The molecule has 0 radical (unpaired) electrons. The first kappa shape index (κ1) is 12.1. The first-order chi connectivity index (χ1) is 6.93. The summed E-state index contributed by atoms with van der Waals surface area (Å²) in [4.78, 5) is 10.7. The van der Waals surface area contributed by atoms with Crippen LogP contribution in [0.25, 0.3) is 0 Å². The highest BCUT2D eigenvalue weighted by Gasteiger charge is 2.32. The molecule has 0 fully saturated rings. The van der Waals surface area contributed by atoms with Gasteiger partial charge in [-0.25, -0.2) is 0 Å². The molecule has 0 saturated carbocycles. The highest BCUT2D eigenvalue weighted by Crippen LogP contribution is 2.30. The third kappa shape index (κ3) is 3.24. The van der Waals surface area contributed by atoms with E-state index in [-0.39, 0.29) is 0 Å². The molecule has 1 heterocycles. The Morgan fingerprint density at radius 2 is 2.47 bits per heavy atom. The van der Waals surface area contributed by atoms with Crippen molar-refractivity contribution in [2.45, 2.75) is 30.4 Å². The van der Waals surface area contributed by atoms with Gasteiger partial charge >= 0.3 is 5.97 Å². The van der Waals surface area contributed by atoms with Crippen molar-refractivity contribution < 1.29 is 14.4 Å². The molecule has 0 saturated heterocycles. The van der Waals surface area contributed by atoms with Crippen molar-refractivity contribution >= 4 is 17.7 Å². The lowest BCUT2D eigenvalue weighted by Crippen LogP contribution is -2.46. The summed E-state index contributed by atoms with van der Waals surface area (Å²) in [6, 6.07) is 0.848. The minimum atomic E-state index is -0.995. The first-order valence-corrected chi connectivity index (χ1v) is 5.44. The average Bonchev–Trinajstić information content (AvgIpc) is 2.66. The second kappa shape index (κ2) is 4.67. The Balaban J connectivity index is 2.53. The van der Waals surface area contributed by atoms with E-state index in [1.54, 1.807) is 26.1 Å². The summed E-state index contributed by atoms with van der Waals surface area (Å²) in [7, 11) is 0. The second-order valence-corrected chi connectivity index (χ2v) is 5.32. The Labute approximate surface area is 92.0 Å². The normalized spacial score (nSPS) is 13.8. The van der Waals surface area contributed by atoms with Crippen molar-refractivity contribution in [2.24, 2.45) is 5.73 Å². The number of thioether (sulfide) groups is 1. The molecule has 0 spiro atoms. The Kier molecular flexibility index (Phi) is 3.76. The number of aromatic nitrogens is 1. The summed E-state index contributed by atoms with van der Waals surface area (Å²) in [5.74, 6) is 0.282. The van der Waals surface area contributed by atoms with Crippen LogP contribution in [0.5, 0.6) is 0 Å². The second-order valence-electron chi connectivity index (χ2n) is 3.69. The lowest BCUT2D eigenvalue weighted by atomic mass is 10.1. The molecule has 1 atom stereocenters. The van der Waals surface area contributed by atoms with Gasteiger partial charge in [0.05, 0.1) is 11.9 Å². The zero-order valence-corrected chi connectivity index (χ0v) is 9.45. The van der Waals surface area contributed by atoms with Gasteiger partial charge in [0.2, 0.25) is 0 Å². The molecular formula is C9H14N2O3S. The highest BCUT2D eigenvalue weighted by molar-refractivity contribution is 7.99. The Morgan fingerprint density at radius 3 is 2.93 bits per heavy atom. The molecule has 6 heteroatoms. The van der Waals surface area contributed by atoms with Crippen LogP contribution < -0.4 is 5.73 Å². The highest BCUT2D eigenvalue weighted by atomic mass is 32.2. The largest absolute Gasteiger partial charge is 0.480 e. The van der Waals surface area contributed by atoms with Crippen molar-refractivity contribution in [3.8, 4) is 0 Å². The zero-order chi connectivity index (χ0) is 11.5. The number of carbonyl (C=O) groups is 1. The fraction of sp³-hybridized carbons (Fsp3) is 0.556. The number of carboxylic acid groups (broad SMARTS) is 1. The first-order valence-electron chi connectivity index (χ1n) is 4.45. The number of aliphatic carboxylic acids is 1. The van der Waals surface area contributed by atoms with Crippen LogP contribution in [0.4, 0.5) is 0 Å². The smallest absolute Gasteiger partial charge is 0.321 e. The molecule has 0 bridgehead atoms. The van der Waals surface area contributed by atoms with Crippen LogP contribution in [-0.2, 0) is 10.5 Å². The van der Waals surface area contributed by atoms with Gasteiger partial charge in [-0.2, -0.15) is 0 Å². The van der Waals surface area contributed by atoms with Crippen molar-refractivity contribution in [3.05, 3.63) is 18.0 Å². The van der Waals surface area contributed by atoms with Crippen LogP contribution in [0.15, 0.2) is 16.8 Å². The van der Waals surface area contributed by atoms with Crippen molar-refractivity contribution in [1.29, 1.82) is 0 Å². The molecule has 1 aromatic heterocycles. The van der Waals surface area contributed by atoms with Gasteiger partial charge in [-0.15, -0.1) is 11.8 Å². The van der Waals surface area contributed by atoms with E-state index >= 15 is 0 Å². The third-order valence-electron chi connectivity index (χ3n) is 2.09. The maximum absolute atomic E-state index is 10.7. The van der Waals surface area contributed by atoms with Gasteiger partial charge in [-0.05, 0) is 13.8 Å². The van der Waals surface area contributed by atoms with E-state index in [0.29, 0.717) is 11.5 Å². The van der Waals surface area contributed by atoms with Gasteiger partial charge in [0.25, 0.3) is 0 Å². The van der Waals surface area contributed by atoms with E-state index in [9.17, 15) is 4.79 Å². The van der Waals surface area contributed by atoms with Gasteiger partial charge in [0.15, 0.2) is 0 Å². The molecule has 5 nitrogen and oxygen atoms in total. The molecule has 0 aliphatic rings. The molecule has 0 aliphatic heterocycles. The molecule has 0 aliphatic carbocycles.